The molecule has 1 atom stereocenters. The molecule has 1 saturated heterocycles. The molecule has 218 valence electrons. The molecular formula is C30H38N6O5. The van der Waals surface area contributed by atoms with Crippen molar-refractivity contribution in [3.05, 3.63) is 82.5 Å². The highest BCUT2D eigenvalue weighted by Crippen LogP contribution is 2.25. The zero-order valence-corrected chi connectivity index (χ0v) is 23.4. The van der Waals surface area contributed by atoms with Crippen molar-refractivity contribution in [3.8, 4) is 0 Å². The number of carbonyl (C=O) groups excluding carboxylic acids is 1. The van der Waals surface area contributed by atoms with Crippen molar-refractivity contribution >= 4 is 23.7 Å². The summed E-state index contributed by atoms with van der Waals surface area (Å²) in [5, 5.41) is 15.4. The Hall–Kier alpha value is -4.41. The van der Waals surface area contributed by atoms with Crippen LogP contribution in [-0.2, 0) is 29.1 Å². The number of carbonyl (C=O) groups is 2. The predicted molar refractivity (Wildman–Crippen MR) is 156 cm³/mol. The standard InChI is InChI=1S/C30H38N6O5/c1-2-8-24-19-36(20-25(17-27(37)38)33-30(40)41-21-23-9-4-3-5-10-23)29(39)34-28(24)35-15-12-22(13-16-35)18-32-26-11-6-7-14-31-26/h3-7,9-11,14,19,22,25H,2,8,12-13,15-18,20-21H2,1H3,(H,31,32)(H,33,40)(H,37,38). The van der Waals surface area contributed by atoms with Crippen molar-refractivity contribution < 1.29 is 19.4 Å². The molecule has 0 saturated carbocycles. The lowest BCUT2D eigenvalue weighted by Gasteiger charge is -2.34. The molecule has 0 aliphatic carbocycles. The van der Waals surface area contributed by atoms with E-state index in [1.165, 1.54) is 4.57 Å². The number of anilines is 2. The van der Waals surface area contributed by atoms with Crippen LogP contribution >= 0.6 is 0 Å². The second-order valence-electron chi connectivity index (χ2n) is 10.3. The van der Waals surface area contributed by atoms with Gasteiger partial charge in [-0.3, -0.25) is 9.36 Å². The Kier molecular flexibility index (Phi) is 10.7. The number of pyridine rings is 1. The number of amides is 1. The second kappa shape index (κ2) is 14.8. The predicted octanol–water partition coefficient (Wildman–Crippen LogP) is 3.69. The van der Waals surface area contributed by atoms with Crippen molar-refractivity contribution in [1.82, 2.24) is 19.9 Å². The van der Waals surface area contributed by atoms with E-state index in [1.54, 1.807) is 12.4 Å². The summed E-state index contributed by atoms with van der Waals surface area (Å²) >= 11 is 0. The minimum absolute atomic E-state index is 0.0309. The number of aromatic nitrogens is 3. The molecule has 0 radical (unpaired) electrons. The molecule has 4 rings (SSSR count). The van der Waals surface area contributed by atoms with Crippen molar-refractivity contribution in [2.45, 2.75) is 58.2 Å². The van der Waals surface area contributed by atoms with Crippen molar-refractivity contribution in [1.29, 1.82) is 0 Å². The van der Waals surface area contributed by atoms with Crippen LogP contribution in [0, 0.1) is 5.92 Å². The highest BCUT2D eigenvalue weighted by atomic mass is 16.5. The van der Waals surface area contributed by atoms with Crippen molar-refractivity contribution in [3.63, 3.8) is 0 Å². The van der Waals surface area contributed by atoms with Crippen LogP contribution in [0.2, 0.25) is 0 Å². The highest BCUT2D eigenvalue weighted by Gasteiger charge is 2.24. The summed E-state index contributed by atoms with van der Waals surface area (Å²) in [6, 6.07) is 14.1. The fourth-order valence-corrected chi connectivity index (χ4v) is 4.98. The summed E-state index contributed by atoms with van der Waals surface area (Å²) in [6.45, 7) is 4.51. The van der Waals surface area contributed by atoms with Crippen LogP contribution in [0.4, 0.5) is 16.4 Å². The van der Waals surface area contributed by atoms with E-state index in [2.05, 4.69) is 32.4 Å². The molecule has 1 aliphatic rings. The Bertz CT molecular complexity index is 1330. The van der Waals surface area contributed by atoms with Gasteiger partial charge in [-0.1, -0.05) is 49.7 Å². The van der Waals surface area contributed by atoms with Crippen LogP contribution in [-0.4, -0.2) is 57.4 Å². The number of carboxylic acids is 1. The van der Waals surface area contributed by atoms with E-state index in [1.807, 2.05) is 48.5 Å². The van der Waals surface area contributed by atoms with Gasteiger partial charge < -0.3 is 25.4 Å². The van der Waals surface area contributed by atoms with E-state index >= 15 is 0 Å². The lowest BCUT2D eigenvalue weighted by atomic mass is 9.96. The first-order chi connectivity index (χ1) is 19.9. The fraction of sp³-hybridized carbons (Fsp3) is 0.433. The zero-order valence-electron chi connectivity index (χ0n) is 23.4. The van der Waals surface area contributed by atoms with Gasteiger partial charge in [0.2, 0.25) is 0 Å². The number of aliphatic carboxylic acids is 1. The number of piperidine rings is 1. The quantitative estimate of drug-likeness (QED) is 0.285. The van der Waals surface area contributed by atoms with Crippen molar-refractivity contribution in [2.75, 3.05) is 29.9 Å². The van der Waals surface area contributed by atoms with E-state index in [0.717, 1.165) is 62.3 Å². The van der Waals surface area contributed by atoms with E-state index in [0.29, 0.717) is 11.7 Å². The van der Waals surface area contributed by atoms with E-state index < -0.39 is 23.8 Å². The summed E-state index contributed by atoms with van der Waals surface area (Å²) in [5.74, 6) is 0.956. The molecule has 1 aromatic carbocycles. The summed E-state index contributed by atoms with van der Waals surface area (Å²) in [6.07, 6.45) is 5.93. The monoisotopic (exact) mass is 562 g/mol. The molecule has 11 nitrogen and oxygen atoms in total. The first kappa shape index (κ1) is 29.6. The Labute approximate surface area is 239 Å². The Morgan fingerprint density at radius 1 is 1.12 bits per heavy atom. The van der Waals surface area contributed by atoms with Crippen LogP contribution in [0.3, 0.4) is 0 Å². The molecule has 1 fully saturated rings. The van der Waals surface area contributed by atoms with Crippen LogP contribution < -0.4 is 21.2 Å². The molecule has 3 heterocycles. The zero-order chi connectivity index (χ0) is 29.0. The van der Waals surface area contributed by atoms with Gasteiger partial charge in [-0.05, 0) is 42.9 Å². The lowest BCUT2D eigenvalue weighted by molar-refractivity contribution is -0.137. The molecular weight excluding hydrogens is 524 g/mol. The third kappa shape index (κ3) is 9.06. The third-order valence-corrected chi connectivity index (χ3v) is 7.09. The second-order valence-corrected chi connectivity index (χ2v) is 10.3. The van der Waals surface area contributed by atoms with Crippen LogP contribution in [0.1, 0.15) is 43.7 Å². The molecule has 1 aliphatic heterocycles. The normalized spacial score (nSPS) is 14.3. The van der Waals surface area contributed by atoms with Crippen LogP contribution in [0.15, 0.2) is 65.7 Å². The van der Waals surface area contributed by atoms with Gasteiger partial charge in [-0.25, -0.2) is 14.6 Å². The number of nitrogens with one attached hydrogen (secondary N) is 2. The maximum Gasteiger partial charge on any atom is 0.407 e. The van der Waals surface area contributed by atoms with Gasteiger partial charge in [0, 0.05) is 44.1 Å². The highest BCUT2D eigenvalue weighted by molar-refractivity contribution is 5.71. The Morgan fingerprint density at radius 3 is 2.56 bits per heavy atom. The van der Waals surface area contributed by atoms with Gasteiger partial charge in [0.25, 0.3) is 0 Å². The molecule has 41 heavy (non-hydrogen) atoms. The number of nitrogens with zero attached hydrogens (tertiary/aromatic N) is 4. The number of hydrogen-bond donors (Lipinski definition) is 3. The summed E-state index contributed by atoms with van der Waals surface area (Å²) < 4.78 is 6.65. The SMILES string of the molecule is CCCc1cn(CC(CC(=O)O)NC(=O)OCc2ccccc2)c(=O)nc1N1CCC(CNc2ccccn2)CC1. The molecule has 11 heteroatoms. The molecule has 1 unspecified atom stereocenters. The molecule has 3 N–H and O–H groups in total. The number of hydrogen-bond acceptors (Lipinski definition) is 8. The van der Waals surface area contributed by atoms with Gasteiger partial charge >= 0.3 is 17.8 Å². The number of benzene rings is 1. The van der Waals surface area contributed by atoms with Gasteiger partial charge in [0.15, 0.2) is 0 Å². The smallest absolute Gasteiger partial charge is 0.407 e. The third-order valence-electron chi connectivity index (χ3n) is 7.09. The van der Waals surface area contributed by atoms with Gasteiger partial charge in [0.05, 0.1) is 12.5 Å². The number of aryl methyl sites for hydroxylation is 1. The Morgan fingerprint density at radius 2 is 1.88 bits per heavy atom. The summed E-state index contributed by atoms with van der Waals surface area (Å²) in [4.78, 5) is 48.0. The Balaban J connectivity index is 1.39. The average molecular weight is 563 g/mol. The lowest BCUT2D eigenvalue weighted by Crippen LogP contribution is -2.43. The number of rotatable bonds is 13. The van der Waals surface area contributed by atoms with Crippen LogP contribution in [0.5, 0.6) is 0 Å². The van der Waals surface area contributed by atoms with E-state index in [4.69, 9.17) is 4.74 Å². The minimum atomic E-state index is -1.09. The number of carboxylic acid groups (broad SMARTS) is 1. The first-order valence-electron chi connectivity index (χ1n) is 14.1. The molecule has 0 bridgehead atoms. The van der Waals surface area contributed by atoms with Gasteiger partial charge in [-0.15, -0.1) is 0 Å². The molecule has 3 aromatic rings. The molecule has 0 spiro atoms. The number of ether oxygens (including phenoxy) is 1. The van der Waals surface area contributed by atoms with Gasteiger partial charge in [-0.2, -0.15) is 4.98 Å². The average Bonchev–Trinajstić information content (AvgIpc) is 2.98. The van der Waals surface area contributed by atoms with Crippen LogP contribution in [0.25, 0.3) is 0 Å². The topological polar surface area (TPSA) is 139 Å². The largest absolute Gasteiger partial charge is 0.481 e. The molecule has 2 aromatic heterocycles. The maximum atomic E-state index is 13.1. The van der Waals surface area contributed by atoms with Gasteiger partial charge in [0.1, 0.15) is 18.2 Å². The van der Waals surface area contributed by atoms with Crippen molar-refractivity contribution in [2.24, 2.45) is 5.92 Å². The summed E-state index contributed by atoms with van der Waals surface area (Å²) in [5.41, 5.74) is 1.26. The minimum Gasteiger partial charge on any atom is -0.481 e. The maximum absolute atomic E-state index is 13.1. The fourth-order valence-electron chi connectivity index (χ4n) is 4.98. The first-order valence-corrected chi connectivity index (χ1v) is 14.1. The molecule has 1 amide bonds. The van der Waals surface area contributed by atoms with E-state index in [-0.39, 0.29) is 19.6 Å². The van der Waals surface area contributed by atoms with E-state index in [9.17, 15) is 19.5 Å². The summed E-state index contributed by atoms with van der Waals surface area (Å²) in [7, 11) is 0. The number of alkyl carbamates (subject to hydrolysis) is 1.